The van der Waals surface area contributed by atoms with E-state index in [1.807, 2.05) is 24.3 Å². The number of thiophene rings is 1. The Labute approximate surface area is 151 Å². The molecule has 0 radical (unpaired) electrons. The zero-order chi connectivity index (χ0) is 18.2. The standard InChI is InChI=1S/C15H19N3O4S3/c1-18-10-9-13(17-25(18,21)22)15-8-7-14(23-15)11-3-5-12(6-4-11)16-24(2,19)20/h3-8,13,16-17H,9-10H2,1-2H3/t13-/m0/s1. The Bertz CT molecular complexity index is 966. The first-order valence-corrected chi connectivity index (χ1v) is 11.7. The molecule has 1 saturated heterocycles. The van der Waals surface area contributed by atoms with Crippen LogP contribution in [0.2, 0.25) is 0 Å². The summed E-state index contributed by atoms with van der Waals surface area (Å²) in [6, 6.07) is 10.7. The predicted molar refractivity (Wildman–Crippen MR) is 100 cm³/mol. The molecule has 1 aromatic carbocycles. The van der Waals surface area contributed by atoms with Crippen molar-refractivity contribution in [3.05, 3.63) is 41.3 Å². The summed E-state index contributed by atoms with van der Waals surface area (Å²) >= 11 is 1.53. The number of rotatable bonds is 4. The Kier molecular flexibility index (Phi) is 4.91. The smallest absolute Gasteiger partial charge is 0.279 e. The highest BCUT2D eigenvalue weighted by Crippen LogP contribution is 2.34. The monoisotopic (exact) mass is 401 g/mol. The lowest BCUT2D eigenvalue weighted by atomic mass is 10.1. The molecule has 2 heterocycles. The van der Waals surface area contributed by atoms with Crippen molar-refractivity contribution in [3.8, 4) is 10.4 Å². The minimum Gasteiger partial charge on any atom is -0.284 e. The molecule has 1 fully saturated rings. The van der Waals surface area contributed by atoms with Crippen LogP contribution < -0.4 is 9.44 Å². The second-order valence-corrected chi connectivity index (χ2v) is 10.6. The summed E-state index contributed by atoms with van der Waals surface area (Å²) in [4.78, 5) is 1.96. The third-order valence-electron chi connectivity index (χ3n) is 3.88. The van der Waals surface area contributed by atoms with Crippen LogP contribution in [-0.2, 0) is 20.2 Å². The lowest BCUT2D eigenvalue weighted by Crippen LogP contribution is -2.46. The molecule has 0 spiro atoms. The fourth-order valence-corrected chi connectivity index (χ4v) is 5.44. The topological polar surface area (TPSA) is 95.6 Å². The summed E-state index contributed by atoms with van der Waals surface area (Å²) in [6.45, 7) is 0.485. The van der Waals surface area contributed by atoms with Gasteiger partial charge in [0.15, 0.2) is 0 Å². The van der Waals surface area contributed by atoms with Crippen molar-refractivity contribution < 1.29 is 16.8 Å². The summed E-state index contributed by atoms with van der Waals surface area (Å²) < 4.78 is 52.8. The summed E-state index contributed by atoms with van der Waals surface area (Å²) in [7, 11) is -5.15. The average molecular weight is 402 g/mol. The molecular weight excluding hydrogens is 382 g/mol. The van der Waals surface area contributed by atoms with Crippen LogP contribution in [0.15, 0.2) is 36.4 Å². The Hall–Kier alpha value is -1.46. The van der Waals surface area contributed by atoms with Crippen molar-refractivity contribution in [1.29, 1.82) is 0 Å². The second kappa shape index (κ2) is 6.69. The van der Waals surface area contributed by atoms with Crippen LogP contribution in [0.25, 0.3) is 10.4 Å². The molecule has 2 N–H and O–H groups in total. The SMILES string of the molecule is CN1CC[C@@H](c2ccc(-c3ccc(NS(C)(=O)=O)cc3)s2)NS1(=O)=O. The number of sulfonamides is 1. The van der Waals surface area contributed by atoms with Gasteiger partial charge in [0.05, 0.1) is 12.3 Å². The van der Waals surface area contributed by atoms with Gasteiger partial charge in [0.1, 0.15) is 0 Å². The van der Waals surface area contributed by atoms with E-state index >= 15 is 0 Å². The van der Waals surface area contributed by atoms with Gasteiger partial charge >= 0.3 is 0 Å². The van der Waals surface area contributed by atoms with Crippen LogP contribution in [0.1, 0.15) is 17.3 Å². The molecule has 1 aliphatic rings. The predicted octanol–water partition coefficient (Wildman–Crippen LogP) is 2.00. The van der Waals surface area contributed by atoms with Gasteiger partial charge in [-0.3, -0.25) is 4.72 Å². The summed E-state index contributed by atoms with van der Waals surface area (Å²) in [5.74, 6) is 0. The zero-order valence-electron chi connectivity index (χ0n) is 13.8. The summed E-state index contributed by atoms with van der Waals surface area (Å²) in [5, 5.41) is 0. The number of anilines is 1. The van der Waals surface area contributed by atoms with E-state index in [2.05, 4.69) is 9.44 Å². The molecule has 0 amide bonds. The van der Waals surface area contributed by atoms with E-state index in [0.29, 0.717) is 18.7 Å². The maximum atomic E-state index is 12.0. The van der Waals surface area contributed by atoms with Crippen molar-refractivity contribution in [2.75, 3.05) is 24.6 Å². The highest BCUT2D eigenvalue weighted by Gasteiger charge is 2.30. The molecule has 10 heteroatoms. The van der Waals surface area contributed by atoms with Gasteiger partial charge in [0.2, 0.25) is 10.0 Å². The highest BCUT2D eigenvalue weighted by atomic mass is 32.2. The van der Waals surface area contributed by atoms with Crippen LogP contribution in [0.5, 0.6) is 0 Å². The summed E-state index contributed by atoms with van der Waals surface area (Å²) in [5.41, 5.74) is 1.46. The van der Waals surface area contributed by atoms with Crippen molar-refractivity contribution in [2.45, 2.75) is 12.5 Å². The fourth-order valence-electron chi connectivity index (χ4n) is 2.57. The van der Waals surface area contributed by atoms with Crippen LogP contribution in [0.3, 0.4) is 0 Å². The van der Waals surface area contributed by atoms with E-state index in [1.165, 1.54) is 15.6 Å². The molecule has 0 saturated carbocycles. The van der Waals surface area contributed by atoms with E-state index in [0.717, 1.165) is 21.6 Å². The number of hydrogen-bond donors (Lipinski definition) is 2. The molecular formula is C15H19N3O4S3. The molecule has 0 unspecified atom stereocenters. The molecule has 0 bridgehead atoms. The van der Waals surface area contributed by atoms with Crippen LogP contribution in [0, 0.1) is 0 Å². The second-order valence-electron chi connectivity index (χ2n) is 5.94. The molecule has 2 aromatic rings. The van der Waals surface area contributed by atoms with Gasteiger partial charge in [0.25, 0.3) is 10.2 Å². The van der Waals surface area contributed by atoms with E-state index in [9.17, 15) is 16.8 Å². The minimum absolute atomic E-state index is 0.217. The van der Waals surface area contributed by atoms with Gasteiger partial charge in [-0.25, -0.2) is 8.42 Å². The first-order chi connectivity index (χ1) is 11.6. The molecule has 7 nitrogen and oxygen atoms in total. The average Bonchev–Trinajstić information content (AvgIpc) is 2.99. The number of hydrogen-bond acceptors (Lipinski definition) is 5. The van der Waals surface area contributed by atoms with Gasteiger partial charge in [-0.05, 0) is 36.2 Å². The molecule has 0 aliphatic carbocycles. The van der Waals surface area contributed by atoms with Gasteiger partial charge in [-0.2, -0.15) is 17.4 Å². The van der Waals surface area contributed by atoms with E-state index in [4.69, 9.17) is 0 Å². The zero-order valence-corrected chi connectivity index (χ0v) is 16.2. The summed E-state index contributed by atoms with van der Waals surface area (Å²) in [6.07, 6.45) is 1.82. The van der Waals surface area contributed by atoms with E-state index in [-0.39, 0.29) is 6.04 Å². The minimum atomic E-state index is -3.41. The van der Waals surface area contributed by atoms with Crippen LogP contribution in [0.4, 0.5) is 5.69 Å². The number of nitrogens with one attached hydrogen (secondary N) is 2. The quantitative estimate of drug-likeness (QED) is 0.819. The fraction of sp³-hybridized carbons (Fsp3) is 0.333. The van der Waals surface area contributed by atoms with Gasteiger partial charge in [-0.15, -0.1) is 11.3 Å². The van der Waals surface area contributed by atoms with E-state index in [1.54, 1.807) is 19.2 Å². The first-order valence-electron chi connectivity index (χ1n) is 7.56. The van der Waals surface area contributed by atoms with Crippen molar-refractivity contribution in [3.63, 3.8) is 0 Å². The Morgan fingerprint density at radius 1 is 1.20 bits per heavy atom. The molecule has 3 rings (SSSR count). The van der Waals surface area contributed by atoms with Gasteiger partial charge in [0, 0.05) is 29.0 Å². The molecule has 1 aromatic heterocycles. The normalized spacial score (nSPS) is 21.1. The van der Waals surface area contributed by atoms with Crippen molar-refractivity contribution in [2.24, 2.45) is 0 Å². The third-order valence-corrected chi connectivity index (χ3v) is 7.32. The number of nitrogens with zero attached hydrogens (tertiary/aromatic N) is 1. The largest absolute Gasteiger partial charge is 0.284 e. The lowest BCUT2D eigenvalue weighted by Gasteiger charge is -2.29. The highest BCUT2D eigenvalue weighted by molar-refractivity contribution is 7.92. The third kappa shape index (κ3) is 4.39. The first kappa shape index (κ1) is 18.3. The maximum absolute atomic E-state index is 12.0. The van der Waals surface area contributed by atoms with Crippen LogP contribution in [-0.4, -0.2) is 41.0 Å². The van der Waals surface area contributed by atoms with Gasteiger partial charge in [-0.1, -0.05) is 12.1 Å². The van der Waals surface area contributed by atoms with Crippen LogP contribution >= 0.6 is 11.3 Å². The number of benzene rings is 1. The molecule has 1 aliphatic heterocycles. The van der Waals surface area contributed by atoms with Gasteiger partial charge < -0.3 is 0 Å². The van der Waals surface area contributed by atoms with Crippen molar-refractivity contribution >= 4 is 37.3 Å². The van der Waals surface area contributed by atoms with Crippen molar-refractivity contribution in [1.82, 2.24) is 9.03 Å². The molecule has 136 valence electrons. The Morgan fingerprint density at radius 2 is 1.88 bits per heavy atom. The Balaban J connectivity index is 1.78. The lowest BCUT2D eigenvalue weighted by molar-refractivity contribution is 0.384. The maximum Gasteiger partial charge on any atom is 0.279 e. The molecule has 25 heavy (non-hydrogen) atoms. The molecule has 1 atom stereocenters. The Morgan fingerprint density at radius 3 is 2.48 bits per heavy atom. The van der Waals surface area contributed by atoms with E-state index < -0.39 is 20.2 Å².